The summed E-state index contributed by atoms with van der Waals surface area (Å²) in [5.74, 6) is 2.77. The van der Waals surface area contributed by atoms with Gasteiger partial charge in [0.25, 0.3) is 0 Å². The molecule has 124 valence electrons. The average Bonchev–Trinajstić information content (AvgIpc) is 2.99. The van der Waals surface area contributed by atoms with E-state index in [0.29, 0.717) is 17.5 Å². The van der Waals surface area contributed by atoms with Gasteiger partial charge in [-0.1, -0.05) is 22.8 Å². The molecule has 0 atom stereocenters. The highest BCUT2D eigenvalue weighted by molar-refractivity contribution is 6.30. The van der Waals surface area contributed by atoms with Crippen LogP contribution in [-0.2, 0) is 0 Å². The van der Waals surface area contributed by atoms with E-state index in [2.05, 4.69) is 15.0 Å². The Morgan fingerprint density at radius 1 is 1.35 bits per heavy atom. The van der Waals surface area contributed by atoms with Gasteiger partial charge in [-0.2, -0.15) is 4.98 Å². The van der Waals surface area contributed by atoms with Crippen LogP contribution in [0, 0.1) is 6.92 Å². The van der Waals surface area contributed by atoms with Crippen molar-refractivity contribution in [3.05, 3.63) is 41.0 Å². The summed E-state index contributed by atoms with van der Waals surface area (Å²) in [6, 6.07) is 7.54. The maximum Gasteiger partial charge on any atom is 0.229 e. The number of aryl methyl sites for hydroxylation is 1. The van der Waals surface area contributed by atoms with E-state index >= 15 is 0 Å². The molecule has 0 unspecified atom stereocenters. The Balaban J connectivity index is 1.35. The van der Waals surface area contributed by atoms with Crippen LogP contribution in [-0.4, -0.2) is 41.3 Å². The van der Waals surface area contributed by atoms with E-state index in [1.165, 1.54) is 0 Å². The summed E-state index contributed by atoms with van der Waals surface area (Å²) in [7, 11) is 0. The third-order valence-electron chi connectivity index (χ3n) is 4.16. The summed E-state index contributed by atoms with van der Waals surface area (Å²) in [4.78, 5) is 6.82. The lowest BCUT2D eigenvalue weighted by molar-refractivity contribution is 0.180. The van der Waals surface area contributed by atoms with Gasteiger partial charge in [0.2, 0.25) is 5.89 Å². The van der Waals surface area contributed by atoms with Crippen LogP contribution in [0.4, 0.5) is 0 Å². The zero-order chi connectivity index (χ0) is 16.1. The molecule has 0 radical (unpaired) electrons. The molecular formula is C17H22ClN3O2. The van der Waals surface area contributed by atoms with Gasteiger partial charge in [-0.25, -0.2) is 0 Å². The van der Waals surface area contributed by atoms with Crippen molar-refractivity contribution in [2.75, 3.05) is 26.2 Å². The fourth-order valence-electron chi connectivity index (χ4n) is 2.92. The molecule has 6 heteroatoms. The molecule has 1 aromatic carbocycles. The van der Waals surface area contributed by atoms with Crippen molar-refractivity contribution >= 4 is 11.6 Å². The Morgan fingerprint density at radius 3 is 2.87 bits per heavy atom. The predicted molar refractivity (Wildman–Crippen MR) is 89.0 cm³/mol. The quantitative estimate of drug-likeness (QED) is 0.754. The number of likely N-dealkylation sites (tertiary alicyclic amines) is 1. The maximum absolute atomic E-state index is 5.94. The second-order valence-electron chi connectivity index (χ2n) is 5.96. The van der Waals surface area contributed by atoms with Crippen molar-refractivity contribution in [1.29, 1.82) is 0 Å². The Labute approximate surface area is 141 Å². The van der Waals surface area contributed by atoms with Crippen molar-refractivity contribution < 1.29 is 9.26 Å². The van der Waals surface area contributed by atoms with Crippen LogP contribution in [0.5, 0.6) is 5.75 Å². The predicted octanol–water partition coefficient (Wildman–Crippen LogP) is 3.68. The highest BCUT2D eigenvalue weighted by Crippen LogP contribution is 2.26. The summed E-state index contributed by atoms with van der Waals surface area (Å²) < 4.78 is 11.0. The van der Waals surface area contributed by atoms with Crippen molar-refractivity contribution in [2.45, 2.75) is 32.1 Å². The molecular weight excluding hydrogens is 314 g/mol. The van der Waals surface area contributed by atoms with Gasteiger partial charge in [0.15, 0.2) is 5.82 Å². The molecule has 0 amide bonds. The summed E-state index contributed by atoms with van der Waals surface area (Å²) in [5.41, 5.74) is 0. The Kier molecular flexibility index (Phi) is 5.51. The van der Waals surface area contributed by atoms with Gasteiger partial charge in [0.05, 0.1) is 6.61 Å². The van der Waals surface area contributed by atoms with Crippen LogP contribution in [0.2, 0.25) is 5.02 Å². The molecule has 0 aliphatic carbocycles. The summed E-state index contributed by atoms with van der Waals surface area (Å²) in [5, 5.41) is 4.59. The molecule has 1 aromatic heterocycles. The number of hydrogen-bond donors (Lipinski definition) is 0. The SMILES string of the molecule is Cc1noc(C2CCN(CCCOc3cccc(Cl)c3)CC2)n1. The Bertz CT molecular complexity index is 624. The topological polar surface area (TPSA) is 51.4 Å². The van der Waals surface area contributed by atoms with Gasteiger partial charge in [0.1, 0.15) is 5.75 Å². The number of hydrogen-bond acceptors (Lipinski definition) is 5. The van der Waals surface area contributed by atoms with E-state index in [1.807, 2.05) is 31.2 Å². The molecule has 1 aliphatic heterocycles. The van der Waals surface area contributed by atoms with Crippen molar-refractivity contribution in [1.82, 2.24) is 15.0 Å². The maximum atomic E-state index is 5.94. The molecule has 2 heterocycles. The zero-order valence-electron chi connectivity index (χ0n) is 13.4. The lowest BCUT2D eigenvalue weighted by Crippen LogP contribution is -2.34. The molecule has 23 heavy (non-hydrogen) atoms. The first-order chi connectivity index (χ1) is 11.2. The van der Waals surface area contributed by atoms with Crippen molar-refractivity contribution in [3.8, 4) is 5.75 Å². The standard InChI is InChI=1S/C17H22ClN3O2/c1-13-19-17(23-20-13)14-6-9-21(10-7-14)8-3-11-22-16-5-2-4-15(18)12-16/h2,4-5,12,14H,3,6-11H2,1H3. The van der Waals surface area contributed by atoms with Crippen LogP contribution in [0.3, 0.4) is 0 Å². The first kappa shape index (κ1) is 16.3. The minimum atomic E-state index is 0.412. The minimum Gasteiger partial charge on any atom is -0.493 e. The van der Waals surface area contributed by atoms with Crippen LogP contribution in [0.25, 0.3) is 0 Å². The Hall–Kier alpha value is -1.59. The van der Waals surface area contributed by atoms with Crippen LogP contribution in [0.15, 0.2) is 28.8 Å². The first-order valence-electron chi connectivity index (χ1n) is 8.11. The number of halogens is 1. The molecule has 1 aliphatic rings. The molecule has 0 saturated carbocycles. The number of aromatic nitrogens is 2. The number of piperidine rings is 1. The number of ether oxygens (including phenoxy) is 1. The summed E-state index contributed by atoms with van der Waals surface area (Å²) in [6.07, 6.45) is 3.17. The van der Waals surface area contributed by atoms with Crippen molar-refractivity contribution in [3.63, 3.8) is 0 Å². The van der Waals surface area contributed by atoms with E-state index in [4.69, 9.17) is 20.9 Å². The van der Waals surface area contributed by atoms with Crippen molar-refractivity contribution in [2.24, 2.45) is 0 Å². The minimum absolute atomic E-state index is 0.412. The van der Waals surface area contributed by atoms with E-state index in [9.17, 15) is 0 Å². The van der Waals surface area contributed by atoms with Crippen LogP contribution in [0.1, 0.15) is 36.9 Å². The highest BCUT2D eigenvalue weighted by atomic mass is 35.5. The third kappa shape index (κ3) is 4.69. The zero-order valence-corrected chi connectivity index (χ0v) is 14.1. The normalized spacial score (nSPS) is 16.6. The molecule has 1 fully saturated rings. The van der Waals surface area contributed by atoms with Gasteiger partial charge < -0.3 is 14.2 Å². The molecule has 0 bridgehead atoms. The average molecular weight is 336 g/mol. The summed E-state index contributed by atoms with van der Waals surface area (Å²) in [6.45, 7) is 5.77. The highest BCUT2D eigenvalue weighted by Gasteiger charge is 2.24. The first-order valence-corrected chi connectivity index (χ1v) is 8.49. The molecule has 0 N–H and O–H groups in total. The van der Waals surface area contributed by atoms with E-state index in [1.54, 1.807) is 0 Å². The number of rotatable bonds is 6. The van der Waals surface area contributed by atoms with E-state index < -0.39 is 0 Å². The van der Waals surface area contributed by atoms with Gasteiger partial charge in [-0.05, 0) is 57.5 Å². The summed E-state index contributed by atoms with van der Waals surface area (Å²) >= 11 is 5.94. The smallest absolute Gasteiger partial charge is 0.229 e. The van der Waals surface area contributed by atoms with Crippen LogP contribution >= 0.6 is 11.6 Å². The largest absolute Gasteiger partial charge is 0.493 e. The lowest BCUT2D eigenvalue weighted by Gasteiger charge is -2.30. The molecule has 3 rings (SSSR count). The van der Waals surface area contributed by atoms with Gasteiger partial charge in [-0.15, -0.1) is 0 Å². The molecule has 1 saturated heterocycles. The molecule has 2 aromatic rings. The third-order valence-corrected chi connectivity index (χ3v) is 4.40. The van der Waals surface area contributed by atoms with E-state index in [0.717, 1.165) is 56.4 Å². The van der Waals surface area contributed by atoms with E-state index in [-0.39, 0.29) is 0 Å². The number of benzene rings is 1. The second-order valence-corrected chi connectivity index (χ2v) is 6.39. The fourth-order valence-corrected chi connectivity index (χ4v) is 3.10. The fraction of sp³-hybridized carbons (Fsp3) is 0.529. The van der Waals surface area contributed by atoms with Crippen LogP contribution < -0.4 is 4.74 Å². The molecule has 5 nitrogen and oxygen atoms in total. The lowest BCUT2D eigenvalue weighted by atomic mass is 9.97. The monoisotopic (exact) mass is 335 g/mol. The van der Waals surface area contributed by atoms with Gasteiger partial charge >= 0.3 is 0 Å². The second kappa shape index (κ2) is 7.79. The molecule has 0 spiro atoms. The Morgan fingerprint density at radius 2 is 2.17 bits per heavy atom. The number of nitrogens with zero attached hydrogens (tertiary/aromatic N) is 3. The van der Waals surface area contributed by atoms with Gasteiger partial charge in [0, 0.05) is 17.5 Å². The van der Waals surface area contributed by atoms with Gasteiger partial charge in [-0.3, -0.25) is 0 Å².